The van der Waals surface area contributed by atoms with Gasteiger partial charge in [-0.2, -0.15) is 0 Å². The molecule has 0 aliphatic carbocycles. The smallest absolute Gasteiger partial charge is 0.225 e. The number of fused-ring (bicyclic) bond motifs is 1. The molecule has 2 saturated heterocycles. The number of carbonyl (C=O) groups excluding carboxylic acids is 1. The number of benzene rings is 1. The van der Waals surface area contributed by atoms with Crippen molar-refractivity contribution in [3.05, 3.63) is 23.8 Å². The second kappa shape index (κ2) is 6.40. The molecule has 0 unspecified atom stereocenters. The fraction of sp³-hybridized carbons (Fsp3) is 0.611. The van der Waals surface area contributed by atoms with Gasteiger partial charge in [-0.3, -0.25) is 4.79 Å². The molecule has 0 radical (unpaired) electrons. The van der Waals surface area contributed by atoms with Gasteiger partial charge in [-0.15, -0.1) is 0 Å². The lowest BCUT2D eigenvalue weighted by molar-refractivity contribution is -0.134. The van der Waals surface area contributed by atoms with Crippen LogP contribution in [0, 0.1) is 0 Å². The summed E-state index contributed by atoms with van der Waals surface area (Å²) >= 11 is 0. The summed E-state index contributed by atoms with van der Waals surface area (Å²) in [6.07, 6.45) is 4.77. The van der Waals surface area contributed by atoms with Gasteiger partial charge in [0.05, 0.1) is 18.6 Å². The van der Waals surface area contributed by atoms with Crippen molar-refractivity contribution in [2.45, 2.75) is 44.2 Å². The lowest BCUT2D eigenvalue weighted by Gasteiger charge is -2.27. The summed E-state index contributed by atoms with van der Waals surface area (Å²) in [6, 6.07) is 6.22. The van der Waals surface area contributed by atoms with Crippen molar-refractivity contribution in [2.24, 2.45) is 0 Å². The highest BCUT2D eigenvalue weighted by atomic mass is 16.6. The second-order valence-corrected chi connectivity index (χ2v) is 6.49. The molecule has 5 nitrogen and oxygen atoms in total. The van der Waals surface area contributed by atoms with Crippen molar-refractivity contribution in [3.8, 4) is 11.5 Å². The first-order valence-corrected chi connectivity index (χ1v) is 8.62. The van der Waals surface area contributed by atoms with E-state index in [-0.39, 0.29) is 18.1 Å². The van der Waals surface area contributed by atoms with Gasteiger partial charge in [-0.25, -0.2) is 0 Å². The maximum Gasteiger partial charge on any atom is 0.225 e. The Balaban J connectivity index is 1.49. The van der Waals surface area contributed by atoms with Crippen molar-refractivity contribution < 1.29 is 19.0 Å². The van der Waals surface area contributed by atoms with E-state index in [9.17, 15) is 4.79 Å². The standard InChI is InChI=1S/C18H23NO4/c20-18(12-14-3-2-8-21-14)19-7-1-4-15(19)13-5-6-16-17(11-13)23-10-9-22-16/h5-6,11,14-15H,1-4,7-10,12H2/t14-,15-/m1/s1. The molecule has 2 fully saturated rings. The van der Waals surface area contributed by atoms with Crippen LogP contribution in [0.2, 0.25) is 0 Å². The van der Waals surface area contributed by atoms with Crippen LogP contribution >= 0.6 is 0 Å². The minimum Gasteiger partial charge on any atom is -0.486 e. The minimum atomic E-state index is 0.115. The van der Waals surface area contributed by atoms with Crippen LogP contribution < -0.4 is 9.47 Å². The predicted octanol–water partition coefficient (Wildman–Crippen LogP) is 2.69. The molecule has 1 aromatic rings. The van der Waals surface area contributed by atoms with Gasteiger partial charge in [0, 0.05) is 13.2 Å². The Morgan fingerprint density at radius 3 is 2.78 bits per heavy atom. The van der Waals surface area contributed by atoms with Crippen LogP contribution in [0.15, 0.2) is 18.2 Å². The maximum atomic E-state index is 12.7. The molecule has 0 saturated carbocycles. The summed E-state index contributed by atoms with van der Waals surface area (Å²) in [5.41, 5.74) is 1.15. The first kappa shape index (κ1) is 14.8. The molecular formula is C18H23NO4. The van der Waals surface area contributed by atoms with Crippen molar-refractivity contribution >= 4 is 5.91 Å². The number of ether oxygens (including phenoxy) is 3. The highest BCUT2D eigenvalue weighted by Gasteiger charge is 2.32. The van der Waals surface area contributed by atoms with E-state index >= 15 is 0 Å². The van der Waals surface area contributed by atoms with E-state index in [1.54, 1.807) is 0 Å². The van der Waals surface area contributed by atoms with Crippen LogP contribution in [0.25, 0.3) is 0 Å². The lowest BCUT2D eigenvalue weighted by atomic mass is 10.0. The molecule has 2 atom stereocenters. The fourth-order valence-corrected chi connectivity index (χ4v) is 3.80. The summed E-state index contributed by atoms with van der Waals surface area (Å²) in [7, 11) is 0. The molecule has 0 aromatic heterocycles. The monoisotopic (exact) mass is 317 g/mol. The highest BCUT2D eigenvalue weighted by Crippen LogP contribution is 2.38. The average Bonchev–Trinajstić information content (AvgIpc) is 3.25. The highest BCUT2D eigenvalue weighted by molar-refractivity contribution is 5.77. The third-order valence-electron chi connectivity index (χ3n) is 4.95. The molecule has 0 spiro atoms. The first-order chi connectivity index (χ1) is 11.3. The molecule has 1 amide bonds. The van der Waals surface area contributed by atoms with E-state index in [1.807, 2.05) is 17.0 Å². The zero-order valence-corrected chi connectivity index (χ0v) is 13.3. The summed E-state index contributed by atoms with van der Waals surface area (Å²) in [5.74, 6) is 1.82. The van der Waals surface area contributed by atoms with Gasteiger partial charge < -0.3 is 19.1 Å². The molecule has 0 bridgehead atoms. The normalized spacial score (nSPS) is 26.5. The molecule has 1 aromatic carbocycles. The van der Waals surface area contributed by atoms with E-state index in [4.69, 9.17) is 14.2 Å². The number of nitrogens with zero attached hydrogens (tertiary/aromatic N) is 1. The molecule has 5 heteroatoms. The van der Waals surface area contributed by atoms with Crippen LogP contribution in [0.1, 0.15) is 43.7 Å². The Labute approximate surface area is 136 Å². The number of amides is 1. The van der Waals surface area contributed by atoms with E-state index in [0.29, 0.717) is 19.6 Å². The maximum absolute atomic E-state index is 12.7. The van der Waals surface area contributed by atoms with Crippen LogP contribution in [0.4, 0.5) is 0 Å². The Morgan fingerprint density at radius 2 is 1.96 bits per heavy atom. The molecule has 4 rings (SSSR count). The van der Waals surface area contributed by atoms with Crippen LogP contribution in [0.5, 0.6) is 11.5 Å². The van der Waals surface area contributed by atoms with Crippen molar-refractivity contribution in [2.75, 3.05) is 26.4 Å². The summed E-state index contributed by atoms with van der Waals surface area (Å²) in [6.45, 7) is 2.82. The molecule has 124 valence electrons. The molecule has 23 heavy (non-hydrogen) atoms. The van der Waals surface area contributed by atoms with Crippen molar-refractivity contribution in [3.63, 3.8) is 0 Å². The molecule has 3 aliphatic rings. The third kappa shape index (κ3) is 3.02. The van der Waals surface area contributed by atoms with Gasteiger partial charge in [0.25, 0.3) is 0 Å². The fourth-order valence-electron chi connectivity index (χ4n) is 3.80. The number of rotatable bonds is 3. The van der Waals surface area contributed by atoms with Crippen LogP contribution in [-0.4, -0.2) is 43.3 Å². The minimum absolute atomic E-state index is 0.115. The Bertz CT molecular complexity index is 582. The predicted molar refractivity (Wildman–Crippen MR) is 84.7 cm³/mol. The summed E-state index contributed by atoms with van der Waals surface area (Å²) in [5, 5.41) is 0. The Kier molecular flexibility index (Phi) is 4.12. The Hall–Kier alpha value is -1.75. The van der Waals surface area contributed by atoms with E-state index in [2.05, 4.69) is 6.07 Å². The summed E-state index contributed by atoms with van der Waals surface area (Å²) < 4.78 is 16.9. The number of hydrogen-bond acceptors (Lipinski definition) is 4. The quantitative estimate of drug-likeness (QED) is 0.860. The second-order valence-electron chi connectivity index (χ2n) is 6.49. The van der Waals surface area contributed by atoms with Crippen molar-refractivity contribution in [1.82, 2.24) is 4.90 Å². The largest absolute Gasteiger partial charge is 0.486 e. The summed E-state index contributed by atoms with van der Waals surface area (Å²) in [4.78, 5) is 14.7. The van der Waals surface area contributed by atoms with Gasteiger partial charge >= 0.3 is 0 Å². The molecule has 3 aliphatic heterocycles. The van der Waals surface area contributed by atoms with Gasteiger partial charge in [0.1, 0.15) is 13.2 Å². The number of carbonyl (C=O) groups is 1. The zero-order valence-electron chi connectivity index (χ0n) is 13.3. The van der Waals surface area contributed by atoms with Gasteiger partial charge in [-0.05, 0) is 43.4 Å². The number of likely N-dealkylation sites (tertiary alicyclic amines) is 1. The van der Waals surface area contributed by atoms with Crippen LogP contribution in [-0.2, 0) is 9.53 Å². The van der Waals surface area contributed by atoms with Gasteiger partial charge in [-0.1, -0.05) is 6.07 Å². The van der Waals surface area contributed by atoms with Crippen LogP contribution in [0.3, 0.4) is 0 Å². The third-order valence-corrected chi connectivity index (χ3v) is 4.95. The number of hydrogen-bond donors (Lipinski definition) is 0. The topological polar surface area (TPSA) is 48.0 Å². The zero-order chi connectivity index (χ0) is 15.6. The lowest BCUT2D eigenvalue weighted by Crippen LogP contribution is -2.33. The van der Waals surface area contributed by atoms with Gasteiger partial charge in [0.2, 0.25) is 5.91 Å². The van der Waals surface area contributed by atoms with E-state index in [0.717, 1.165) is 55.9 Å². The molecule has 0 N–H and O–H groups in total. The SMILES string of the molecule is O=C(C[C@H]1CCCO1)N1CCC[C@@H]1c1ccc2c(c1)OCCO2. The van der Waals surface area contributed by atoms with E-state index < -0.39 is 0 Å². The Morgan fingerprint density at radius 1 is 1.09 bits per heavy atom. The first-order valence-electron chi connectivity index (χ1n) is 8.62. The van der Waals surface area contributed by atoms with Gasteiger partial charge in [0.15, 0.2) is 11.5 Å². The van der Waals surface area contributed by atoms with E-state index in [1.165, 1.54) is 0 Å². The average molecular weight is 317 g/mol. The molecular weight excluding hydrogens is 294 g/mol. The van der Waals surface area contributed by atoms with Crippen molar-refractivity contribution in [1.29, 1.82) is 0 Å². The molecule has 3 heterocycles.